The summed E-state index contributed by atoms with van der Waals surface area (Å²) < 4.78 is 0. The molecule has 0 heterocycles. The van der Waals surface area contributed by atoms with Crippen LogP contribution in [-0.4, -0.2) is 0 Å². The molecule has 0 unspecified atom stereocenters. The fraction of sp³-hybridized carbons (Fsp3) is 0. The van der Waals surface area contributed by atoms with Crippen molar-refractivity contribution in [3.63, 3.8) is 0 Å². The number of rotatable bonds is 0. The molecule has 0 nitrogen and oxygen atoms in total. The second kappa shape index (κ2) is 11.8. The molecule has 8 aromatic rings. The molecule has 0 radical (unpaired) electrons. The van der Waals surface area contributed by atoms with Crippen molar-refractivity contribution >= 4 is 0 Å². The highest BCUT2D eigenvalue weighted by molar-refractivity contribution is 5.28. The second-order valence-corrected chi connectivity index (χ2v) is 12.5. The summed E-state index contributed by atoms with van der Waals surface area (Å²) >= 11 is 0. The van der Waals surface area contributed by atoms with E-state index in [1.807, 2.05) is 0 Å². The van der Waals surface area contributed by atoms with Gasteiger partial charge in [-0.25, -0.2) is 0 Å². The van der Waals surface area contributed by atoms with Gasteiger partial charge in [0.25, 0.3) is 0 Å². The molecular weight excluding hydrogens is 577 g/mol. The Hall–Kier alpha value is -6.24. The summed E-state index contributed by atoms with van der Waals surface area (Å²) in [6.45, 7) is 0. The maximum Gasteiger partial charge on any atom is -0.0105 e. The SMILES string of the molecule is c1ccc2c(c1)=c1ccc(cc1)=c1ccccc1=c1ccc(cc1)=c1ccccc1=c1ccc(cc1)=c1ccccc1=c1ccc=2cc1. The Morgan fingerprint density at radius 1 is 0.125 bits per heavy atom. The maximum absolute atomic E-state index is 2.26. The molecule has 8 bridgehead atoms. The van der Waals surface area contributed by atoms with Gasteiger partial charge in [0.05, 0.1) is 0 Å². The number of benzene rings is 8. The van der Waals surface area contributed by atoms with E-state index >= 15 is 0 Å². The Bertz CT molecular complexity index is 2580. The summed E-state index contributed by atoms with van der Waals surface area (Å²) in [6, 6.07) is 71.1. The molecule has 0 saturated carbocycles. The van der Waals surface area contributed by atoms with Crippen LogP contribution in [0.15, 0.2) is 194 Å². The van der Waals surface area contributed by atoms with Crippen LogP contribution in [-0.2, 0) is 0 Å². The van der Waals surface area contributed by atoms with Crippen LogP contribution < -0.4 is 0 Å². The van der Waals surface area contributed by atoms with Crippen molar-refractivity contribution in [1.82, 2.24) is 0 Å². The first-order valence-electron chi connectivity index (χ1n) is 16.6. The van der Waals surface area contributed by atoms with E-state index in [0.717, 1.165) is 0 Å². The predicted octanol–water partition coefficient (Wildman–Crippen LogP) is 10.3. The Morgan fingerprint density at radius 3 is 0.333 bits per heavy atom. The van der Waals surface area contributed by atoms with Gasteiger partial charge < -0.3 is 0 Å². The highest BCUT2D eigenvalue weighted by Crippen LogP contribution is 2.11. The largest absolute Gasteiger partial charge is 0.0616 e. The van der Waals surface area contributed by atoms with E-state index in [1.165, 1.54) is 83.5 Å². The molecular formula is C48H32. The Kier molecular flexibility index (Phi) is 6.91. The first kappa shape index (κ1) is 28.0. The zero-order chi connectivity index (χ0) is 31.9. The monoisotopic (exact) mass is 608 g/mol. The van der Waals surface area contributed by atoms with Crippen molar-refractivity contribution in [1.29, 1.82) is 0 Å². The fourth-order valence-corrected chi connectivity index (χ4v) is 7.26. The molecule has 0 N–H and O–H groups in total. The van der Waals surface area contributed by atoms with Crippen LogP contribution >= 0.6 is 0 Å². The molecule has 0 heteroatoms. The van der Waals surface area contributed by atoms with Gasteiger partial charge in [0.2, 0.25) is 0 Å². The van der Waals surface area contributed by atoms with Crippen LogP contribution in [0.4, 0.5) is 0 Å². The molecule has 0 amide bonds. The first-order valence-corrected chi connectivity index (χ1v) is 16.6. The molecule has 8 aromatic carbocycles. The lowest BCUT2D eigenvalue weighted by Gasteiger charge is -1.98. The molecule has 0 aliphatic heterocycles. The van der Waals surface area contributed by atoms with Crippen LogP contribution in [0.2, 0.25) is 0 Å². The van der Waals surface area contributed by atoms with Crippen molar-refractivity contribution in [2.45, 2.75) is 0 Å². The molecule has 15 rings (SSSR count). The fourth-order valence-electron chi connectivity index (χ4n) is 7.26. The maximum atomic E-state index is 2.26. The van der Waals surface area contributed by atoms with Crippen LogP contribution in [0.5, 0.6) is 0 Å². The number of hydrogen-bond donors (Lipinski definition) is 0. The molecule has 0 fully saturated rings. The lowest BCUT2D eigenvalue weighted by Crippen LogP contribution is -1.84. The minimum Gasteiger partial charge on any atom is -0.0616 e. The van der Waals surface area contributed by atoms with Gasteiger partial charge in [0, 0.05) is 0 Å². The molecule has 48 heavy (non-hydrogen) atoms. The van der Waals surface area contributed by atoms with E-state index in [0.29, 0.717) is 0 Å². The van der Waals surface area contributed by atoms with Gasteiger partial charge in [-0.15, -0.1) is 0 Å². The highest BCUT2D eigenvalue weighted by Gasteiger charge is 1.96. The summed E-state index contributed by atoms with van der Waals surface area (Å²) in [5.41, 5.74) is 0. The summed E-state index contributed by atoms with van der Waals surface area (Å²) in [6.07, 6.45) is 0. The summed E-state index contributed by atoms with van der Waals surface area (Å²) in [5.74, 6) is 0. The molecule has 224 valence electrons. The van der Waals surface area contributed by atoms with E-state index in [1.54, 1.807) is 0 Å². The molecule has 0 spiro atoms. The third-order valence-corrected chi connectivity index (χ3v) is 9.74. The Balaban J connectivity index is 1.54. The molecule has 7 aliphatic carbocycles. The van der Waals surface area contributed by atoms with E-state index in [-0.39, 0.29) is 0 Å². The van der Waals surface area contributed by atoms with Gasteiger partial charge in [0.15, 0.2) is 0 Å². The van der Waals surface area contributed by atoms with E-state index < -0.39 is 0 Å². The second-order valence-electron chi connectivity index (χ2n) is 12.5. The molecule has 0 aromatic heterocycles. The van der Waals surface area contributed by atoms with Gasteiger partial charge in [-0.1, -0.05) is 194 Å². The zero-order valence-corrected chi connectivity index (χ0v) is 26.5. The third-order valence-electron chi connectivity index (χ3n) is 9.74. The van der Waals surface area contributed by atoms with Crippen LogP contribution in [0.3, 0.4) is 0 Å². The normalized spacial score (nSPS) is 11.3. The Labute approximate surface area is 276 Å². The molecule has 0 saturated heterocycles. The van der Waals surface area contributed by atoms with Crippen molar-refractivity contribution in [2.24, 2.45) is 0 Å². The van der Waals surface area contributed by atoms with Crippen molar-refractivity contribution < 1.29 is 0 Å². The standard InChI is InChI=1S/C48H32/c1-2-10-42-34-21-23-36(24-22-34)44-12-5-6-14-46(44)38-29-31-40(32-30-38)48-16-8-7-15-47(48)39-27-25-37(26-28-39)45-13-4-3-11-43(45)35-19-17-33(18-20-35)41(42)9-1/h1-32H. The third kappa shape index (κ3) is 4.96. The van der Waals surface area contributed by atoms with Gasteiger partial charge in [-0.05, 0) is 83.5 Å². The van der Waals surface area contributed by atoms with Gasteiger partial charge >= 0.3 is 0 Å². The van der Waals surface area contributed by atoms with Crippen LogP contribution in [0, 0.1) is 83.5 Å². The molecule has 7 aliphatic rings. The zero-order valence-electron chi connectivity index (χ0n) is 26.5. The van der Waals surface area contributed by atoms with Crippen LogP contribution in [0.1, 0.15) is 0 Å². The highest BCUT2D eigenvalue weighted by atomic mass is 14.0. The smallest absolute Gasteiger partial charge is 0.0105 e. The lowest BCUT2D eigenvalue weighted by molar-refractivity contribution is 1.34. The topological polar surface area (TPSA) is 0 Å². The first-order chi connectivity index (χ1) is 23.8. The summed E-state index contributed by atoms with van der Waals surface area (Å²) in [7, 11) is 0. The van der Waals surface area contributed by atoms with Crippen molar-refractivity contribution in [3.05, 3.63) is 278 Å². The van der Waals surface area contributed by atoms with Gasteiger partial charge in [-0.2, -0.15) is 0 Å². The van der Waals surface area contributed by atoms with Crippen molar-refractivity contribution in [3.8, 4) is 0 Å². The average molecular weight is 609 g/mol. The lowest BCUT2D eigenvalue weighted by atomic mass is 10.1. The van der Waals surface area contributed by atoms with E-state index in [9.17, 15) is 0 Å². The van der Waals surface area contributed by atoms with E-state index in [2.05, 4.69) is 194 Å². The van der Waals surface area contributed by atoms with Crippen LogP contribution in [0.25, 0.3) is 0 Å². The summed E-state index contributed by atoms with van der Waals surface area (Å²) in [5, 5.41) is 19.5. The quantitative estimate of drug-likeness (QED) is 0.161. The van der Waals surface area contributed by atoms with E-state index in [4.69, 9.17) is 0 Å². The minimum absolute atomic E-state index is 1.21. The summed E-state index contributed by atoms with van der Waals surface area (Å²) in [4.78, 5) is 0. The van der Waals surface area contributed by atoms with Crippen molar-refractivity contribution in [2.75, 3.05) is 0 Å². The van der Waals surface area contributed by atoms with Gasteiger partial charge in [0.1, 0.15) is 0 Å². The number of hydrogen-bond acceptors (Lipinski definition) is 0. The Morgan fingerprint density at radius 2 is 0.229 bits per heavy atom. The predicted molar refractivity (Wildman–Crippen MR) is 193 cm³/mol. The van der Waals surface area contributed by atoms with Gasteiger partial charge in [-0.3, -0.25) is 0 Å². The minimum atomic E-state index is 1.21. The molecule has 0 atom stereocenters. The average Bonchev–Trinajstić information content (AvgIpc) is 3.18.